The molecule has 0 saturated carbocycles. The number of carbonyl (C=O) groups is 1. The van der Waals surface area contributed by atoms with E-state index in [4.69, 9.17) is 0 Å². The van der Waals surface area contributed by atoms with Gasteiger partial charge in [0.2, 0.25) is 5.91 Å². The smallest absolute Gasteiger partial charge is 0.248 e. The predicted molar refractivity (Wildman–Crippen MR) is 83.6 cm³/mol. The first-order valence-corrected chi connectivity index (χ1v) is 7.23. The van der Waals surface area contributed by atoms with Crippen LogP contribution >= 0.6 is 11.3 Å². The van der Waals surface area contributed by atoms with Crippen molar-refractivity contribution in [1.82, 2.24) is 4.98 Å². The van der Waals surface area contributed by atoms with Crippen molar-refractivity contribution in [3.63, 3.8) is 0 Å². The number of para-hydroxylation sites is 1. The Morgan fingerprint density at radius 2 is 2.00 bits per heavy atom. The minimum Gasteiger partial charge on any atom is -0.320 e. The Balaban J connectivity index is 1.74. The summed E-state index contributed by atoms with van der Waals surface area (Å²) in [5.74, 6) is -1.86. The third kappa shape index (κ3) is 3.17. The topological polar surface area (TPSA) is 42.0 Å². The fourth-order valence-corrected chi connectivity index (χ4v) is 2.75. The number of carbonyl (C=O) groups excluding carboxylic acids is 1. The standard InChI is InChI=1S/C16H10F2N2OS/c17-10-5-6-11(18)13(9-10)19-15(21)7-8-16-20-12-3-1-2-4-14(12)22-16/h1-9H,(H,19,21). The van der Waals surface area contributed by atoms with Gasteiger partial charge in [-0.05, 0) is 30.3 Å². The Morgan fingerprint density at radius 3 is 2.82 bits per heavy atom. The second-order valence-electron chi connectivity index (χ2n) is 4.47. The van der Waals surface area contributed by atoms with E-state index in [2.05, 4.69) is 10.3 Å². The molecular formula is C16H10F2N2OS. The molecule has 2 aromatic carbocycles. The van der Waals surface area contributed by atoms with Gasteiger partial charge < -0.3 is 5.32 Å². The molecule has 0 bridgehead atoms. The number of anilines is 1. The van der Waals surface area contributed by atoms with Crippen LogP contribution in [0.5, 0.6) is 0 Å². The lowest BCUT2D eigenvalue weighted by Gasteiger charge is -2.03. The van der Waals surface area contributed by atoms with Crippen LogP contribution in [0.1, 0.15) is 5.01 Å². The number of amides is 1. The Bertz CT molecular complexity index is 840. The van der Waals surface area contributed by atoms with Gasteiger partial charge in [0.1, 0.15) is 16.6 Å². The van der Waals surface area contributed by atoms with Gasteiger partial charge in [-0.15, -0.1) is 11.3 Å². The van der Waals surface area contributed by atoms with Gasteiger partial charge in [0, 0.05) is 12.1 Å². The zero-order valence-corrected chi connectivity index (χ0v) is 12.0. The lowest BCUT2D eigenvalue weighted by molar-refractivity contribution is -0.111. The molecule has 3 aromatic rings. The number of benzene rings is 2. The number of hydrogen-bond acceptors (Lipinski definition) is 3. The van der Waals surface area contributed by atoms with E-state index in [-0.39, 0.29) is 5.69 Å². The predicted octanol–water partition coefficient (Wildman–Crippen LogP) is 4.23. The lowest BCUT2D eigenvalue weighted by atomic mass is 10.3. The Kier molecular flexibility index (Phi) is 3.93. The van der Waals surface area contributed by atoms with Gasteiger partial charge in [-0.1, -0.05) is 12.1 Å². The number of fused-ring (bicyclic) bond motifs is 1. The number of nitrogens with one attached hydrogen (secondary N) is 1. The maximum absolute atomic E-state index is 13.4. The van der Waals surface area contributed by atoms with Gasteiger partial charge in [-0.2, -0.15) is 0 Å². The summed E-state index contributed by atoms with van der Waals surface area (Å²) in [6, 6.07) is 10.5. The second-order valence-corrected chi connectivity index (χ2v) is 5.53. The van der Waals surface area contributed by atoms with Crippen molar-refractivity contribution in [2.24, 2.45) is 0 Å². The van der Waals surface area contributed by atoms with Crippen LogP contribution in [0.3, 0.4) is 0 Å². The highest BCUT2D eigenvalue weighted by Crippen LogP contribution is 2.22. The van der Waals surface area contributed by atoms with Crippen molar-refractivity contribution in [3.05, 3.63) is 65.2 Å². The summed E-state index contributed by atoms with van der Waals surface area (Å²) in [7, 11) is 0. The first-order valence-electron chi connectivity index (χ1n) is 6.41. The summed E-state index contributed by atoms with van der Waals surface area (Å²) in [6.07, 6.45) is 2.78. The third-order valence-corrected chi connectivity index (χ3v) is 3.88. The number of hydrogen-bond donors (Lipinski definition) is 1. The molecule has 1 amide bonds. The van der Waals surface area contributed by atoms with E-state index in [1.54, 1.807) is 0 Å². The van der Waals surface area contributed by atoms with Crippen LogP contribution in [-0.4, -0.2) is 10.9 Å². The molecule has 22 heavy (non-hydrogen) atoms. The summed E-state index contributed by atoms with van der Waals surface area (Å²) in [5, 5.41) is 2.95. The minimum atomic E-state index is -0.692. The van der Waals surface area contributed by atoms with Crippen molar-refractivity contribution < 1.29 is 13.6 Å². The summed E-state index contributed by atoms with van der Waals surface area (Å²) in [6.45, 7) is 0. The van der Waals surface area contributed by atoms with Crippen LogP contribution < -0.4 is 5.32 Å². The highest BCUT2D eigenvalue weighted by atomic mass is 32.1. The third-order valence-electron chi connectivity index (χ3n) is 2.87. The minimum absolute atomic E-state index is 0.195. The van der Waals surface area contributed by atoms with E-state index in [1.165, 1.54) is 23.5 Å². The molecule has 0 aliphatic heterocycles. The number of nitrogens with zero attached hydrogens (tertiary/aromatic N) is 1. The lowest BCUT2D eigenvalue weighted by Crippen LogP contribution is -2.09. The average molecular weight is 316 g/mol. The normalized spacial score (nSPS) is 11.2. The van der Waals surface area contributed by atoms with Crippen molar-refractivity contribution in [2.45, 2.75) is 0 Å². The van der Waals surface area contributed by atoms with E-state index >= 15 is 0 Å². The van der Waals surface area contributed by atoms with Gasteiger partial charge in [-0.3, -0.25) is 4.79 Å². The molecule has 3 nitrogen and oxygen atoms in total. The highest BCUT2D eigenvalue weighted by Gasteiger charge is 2.06. The monoisotopic (exact) mass is 316 g/mol. The molecule has 0 aliphatic carbocycles. The number of thiazole rings is 1. The number of rotatable bonds is 3. The van der Waals surface area contributed by atoms with E-state index < -0.39 is 17.5 Å². The molecule has 1 heterocycles. The molecule has 0 fully saturated rings. The Hall–Kier alpha value is -2.60. The molecule has 0 spiro atoms. The van der Waals surface area contributed by atoms with Crippen LogP contribution in [0.4, 0.5) is 14.5 Å². The van der Waals surface area contributed by atoms with Crippen molar-refractivity contribution in [1.29, 1.82) is 0 Å². The first kappa shape index (κ1) is 14.3. The zero-order valence-electron chi connectivity index (χ0n) is 11.2. The molecule has 0 atom stereocenters. The highest BCUT2D eigenvalue weighted by molar-refractivity contribution is 7.19. The maximum Gasteiger partial charge on any atom is 0.248 e. The largest absolute Gasteiger partial charge is 0.320 e. The van der Waals surface area contributed by atoms with Gasteiger partial charge in [0.25, 0.3) is 0 Å². The van der Waals surface area contributed by atoms with E-state index in [9.17, 15) is 13.6 Å². The zero-order chi connectivity index (χ0) is 15.5. The molecule has 3 rings (SSSR count). The van der Waals surface area contributed by atoms with Crippen molar-refractivity contribution >= 4 is 39.2 Å². The second kappa shape index (κ2) is 6.03. The molecule has 0 saturated heterocycles. The van der Waals surface area contributed by atoms with Crippen molar-refractivity contribution in [2.75, 3.05) is 5.32 Å². The van der Waals surface area contributed by atoms with Crippen molar-refractivity contribution in [3.8, 4) is 0 Å². The molecule has 0 aliphatic rings. The number of halogens is 2. The molecule has 6 heteroatoms. The molecule has 1 N–H and O–H groups in total. The van der Waals surface area contributed by atoms with E-state index in [0.717, 1.165) is 28.4 Å². The van der Waals surface area contributed by atoms with Gasteiger partial charge in [-0.25, -0.2) is 13.8 Å². The maximum atomic E-state index is 13.4. The summed E-state index contributed by atoms with van der Waals surface area (Å²) >= 11 is 1.44. The Morgan fingerprint density at radius 1 is 1.18 bits per heavy atom. The average Bonchev–Trinajstić information content (AvgIpc) is 2.92. The fourth-order valence-electron chi connectivity index (χ4n) is 1.88. The van der Waals surface area contributed by atoms with Gasteiger partial charge >= 0.3 is 0 Å². The molecular weight excluding hydrogens is 306 g/mol. The Labute approximate surface area is 128 Å². The van der Waals surface area contributed by atoms with Crippen LogP contribution in [0.15, 0.2) is 48.5 Å². The molecule has 1 aromatic heterocycles. The van der Waals surface area contributed by atoms with Gasteiger partial charge in [0.15, 0.2) is 0 Å². The van der Waals surface area contributed by atoms with E-state index in [1.807, 2.05) is 24.3 Å². The first-order chi connectivity index (χ1) is 10.6. The van der Waals surface area contributed by atoms with Crippen LogP contribution in [-0.2, 0) is 4.79 Å². The summed E-state index contributed by atoms with van der Waals surface area (Å²) < 4.78 is 27.5. The summed E-state index contributed by atoms with van der Waals surface area (Å²) in [5.41, 5.74) is 0.655. The fraction of sp³-hybridized carbons (Fsp3) is 0. The van der Waals surface area contributed by atoms with E-state index in [0.29, 0.717) is 5.01 Å². The molecule has 110 valence electrons. The quantitative estimate of drug-likeness (QED) is 0.735. The van der Waals surface area contributed by atoms with Crippen LogP contribution in [0.2, 0.25) is 0 Å². The SMILES string of the molecule is O=C(C=Cc1nc2ccccc2s1)Nc1cc(F)ccc1F. The summed E-state index contributed by atoms with van der Waals surface area (Å²) in [4.78, 5) is 16.1. The van der Waals surface area contributed by atoms with Crippen LogP contribution in [0.25, 0.3) is 16.3 Å². The van der Waals surface area contributed by atoms with Crippen LogP contribution in [0, 0.1) is 11.6 Å². The van der Waals surface area contributed by atoms with Gasteiger partial charge in [0.05, 0.1) is 15.9 Å². The number of aromatic nitrogens is 1. The molecule has 0 radical (unpaired) electrons. The molecule has 0 unspecified atom stereocenters.